The van der Waals surface area contributed by atoms with E-state index in [1.807, 2.05) is 0 Å². The third-order valence-electron chi connectivity index (χ3n) is 3.15. The summed E-state index contributed by atoms with van der Waals surface area (Å²) in [5, 5.41) is 10.2. The number of phenols is 1. The van der Waals surface area contributed by atoms with Crippen LogP contribution in [0.15, 0.2) is 12.1 Å². The smallest absolute Gasteiger partial charge is 0.152 e. The van der Waals surface area contributed by atoms with E-state index >= 15 is 0 Å². The van der Waals surface area contributed by atoms with Crippen molar-refractivity contribution < 1.29 is 5.11 Å². The Balaban J connectivity index is 2.23. The van der Waals surface area contributed by atoms with Crippen molar-refractivity contribution in [2.24, 2.45) is 0 Å². The third-order valence-corrected chi connectivity index (χ3v) is 3.72. The van der Waals surface area contributed by atoms with Crippen LogP contribution < -0.4 is 0 Å². The molecule has 1 aromatic carbocycles. The maximum Gasteiger partial charge on any atom is 0.152 e. The summed E-state index contributed by atoms with van der Waals surface area (Å²) in [6.45, 7) is 2.23. The van der Waals surface area contributed by atoms with E-state index in [1.165, 1.54) is 38.5 Å². The van der Waals surface area contributed by atoms with Crippen LogP contribution in [0.5, 0.6) is 5.75 Å². The Hall–Kier alpha value is -0.400. The van der Waals surface area contributed by atoms with Crippen LogP contribution in [-0.2, 0) is 6.42 Å². The summed E-state index contributed by atoms with van der Waals surface area (Å²) in [6.07, 6.45) is 10.0. The van der Waals surface area contributed by atoms with Gasteiger partial charge in [-0.2, -0.15) is 0 Å². The van der Waals surface area contributed by atoms with Gasteiger partial charge in [0.2, 0.25) is 0 Å². The molecule has 18 heavy (non-hydrogen) atoms. The highest BCUT2D eigenvalue weighted by Crippen LogP contribution is 2.33. The summed E-state index contributed by atoms with van der Waals surface area (Å²) in [4.78, 5) is 0. The molecular formula is C15H22Cl2O. The van der Waals surface area contributed by atoms with Gasteiger partial charge in [0.05, 0.1) is 10.0 Å². The Bertz CT molecular complexity index is 341. The minimum atomic E-state index is -0.0124. The minimum Gasteiger partial charge on any atom is -0.505 e. The maximum absolute atomic E-state index is 9.46. The molecule has 1 aromatic rings. The number of hydrogen-bond donors (Lipinski definition) is 1. The summed E-state index contributed by atoms with van der Waals surface area (Å²) in [5.41, 5.74) is 1.11. The van der Waals surface area contributed by atoms with Gasteiger partial charge in [0.15, 0.2) is 5.75 Å². The second-order valence-electron chi connectivity index (χ2n) is 4.78. The van der Waals surface area contributed by atoms with Gasteiger partial charge >= 0.3 is 0 Å². The molecule has 0 aliphatic rings. The first-order chi connectivity index (χ1) is 8.65. The SMILES string of the molecule is CCCCCCCCCc1cc(Cl)c(O)c(Cl)c1. The van der Waals surface area contributed by atoms with Gasteiger partial charge in [-0.15, -0.1) is 0 Å². The molecule has 102 valence electrons. The highest BCUT2D eigenvalue weighted by atomic mass is 35.5. The Kier molecular flexibility index (Phi) is 7.53. The Labute approximate surface area is 120 Å². The number of rotatable bonds is 8. The fraction of sp³-hybridized carbons (Fsp3) is 0.600. The van der Waals surface area contributed by atoms with Crippen LogP contribution >= 0.6 is 23.2 Å². The van der Waals surface area contributed by atoms with Crippen molar-refractivity contribution in [3.63, 3.8) is 0 Å². The first-order valence-electron chi connectivity index (χ1n) is 6.82. The molecule has 0 radical (unpaired) electrons. The summed E-state index contributed by atoms with van der Waals surface area (Å²) >= 11 is 11.8. The monoisotopic (exact) mass is 288 g/mol. The van der Waals surface area contributed by atoms with Crippen LogP contribution in [0.1, 0.15) is 57.4 Å². The molecule has 0 spiro atoms. The number of unbranched alkanes of at least 4 members (excludes halogenated alkanes) is 6. The normalized spacial score (nSPS) is 10.8. The van der Waals surface area contributed by atoms with Gasteiger partial charge in [-0.1, -0.05) is 68.7 Å². The summed E-state index contributed by atoms with van der Waals surface area (Å²) < 4.78 is 0. The first kappa shape index (κ1) is 15.7. The lowest BCUT2D eigenvalue weighted by Gasteiger charge is -2.06. The lowest BCUT2D eigenvalue weighted by atomic mass is 10.0. The fourth-order valence-corrected chi connectivity index (χ4v) is 2.58. The van der Waals surface area contributed by atoms with Gasteiger partial charge in [-0.05, 0) is 30.5 Å². The average Bonchev–Trinajstić information content (AvgIpc) is 2.34. The van der Waals surface area contributed by atoms with Crippen LogP contribution in [-0.4, -0.2) is 5.11 Å². The maximum atomic E-state index is 9.46. The minimum absolute atomic E-state index is 0.0124. The van der Waals surface area contributed by atoms with Crippen LogP contribution in [0.3, 0.4) is 0 Å². The van der Waals surface area contributed by atoms with Gasteiger partial charge in [0.25, 0.3) is 0 Å². The molecule has 0 unspecified atom stereocenters. The largest absolute Gasteiger partial charge is 0.505 e. The van der Waals surface area contributed by atoms with E-state index in [1.54, 1.807) is 12.1 Å². The van der Waals surface area contributed by atoms with Gasteiger partial charge in [0.1, 0.15) is 0 Å². The quantitative estimate of drug-likeness (QED) is 0.582. The number of aromatic hydroxyl groups is 1. The Morgan fingerprint density at radius 3 is 1.94 bits per heavy atom. The molecule has 0 atom stereocenters. The van der Waals surface area contributed by atoms with Crippen LogP contribution in [0.4, 0.5) is 0 Å². The second kappa shape index (κ2) is 8.66. The molecule has 0 aliphatic carbocycles. The number of hydrogen-bond acceptors (Lipinski definition) is 1. The van der Waals surface area contributed by atoms with Crippen molar-refractivity contribution in [2.45, 2.75) is 58.3 Å². The molecule has 0 saturated carbocycles. The van der Waals surface area contributed by atoms with Crippen molar-refractivity contribution in [3.05, 3.63) is 27.7 Å². The molecule has 1 N–H and O–H groups in total. The fourth-order valence-electron chi connectivity index (χ4n) is 2.05. The highest BCUT2D eigenvalue weighted by Gasteiger charge is 2.06. The third kappa shape index (κ3) is 5.49. The summed E-state index contributed by atoms with van der Waals surface area (Å²) in [6, 6.07) is 3.61. The summed E-state index contributed by atoms with van der Waals surface area (Å²) in [5.74, 6) is -0.0124. The van der Waals surface area contributed by atoms with Crippen molar-refractivity contribution in [3.8, 4) is 5.75 Å². The molecule has 3 heteroatoms. The lowest BCUT2D eigenvalue weighted by molar-refractivity contribution is 0.475. The van der Waals surface area contributed by atoms with E-state index < -0.39 is 0 Å². The van der Waals surface area contributed by atoms with Crippen molar-refractivity contribution in [2.75, 3.05) is 0 Å². The zero-order valence-corrected chi connectivity index (χ0v) is 12.5. The van der Waals surface area contributed by atoms with E-state index in [2.05, 4.69) is 6.92 Å². The van der Waals surface area contributed by atoms with Gasteiger partial charge in [0, 0.05) is 0 Å². The van der Waals surface area contributed by atoms with Gasteiger partial charge in [-0.3, -0.25) is 0 Å². The van der Waals surface area contributed by atoms with E-state index in [0.717, 1.165) is 18.4 Å². The van der Waals surface area contributed by atoms with Crippen molar-refractivity contribution in [1.29, 1.82) is 0 Å². The second-order valence-corrected chi connectivity index (χ2v) is 5.59. The topological polar surface area (TPSA) is 20.2 Å². The number of benzene rings is 1. The van der Waals surface area contributed by atoms with Crippen LogP contribution in [0.25, 0.3) is 0 Å². The first-order valence-corrected chi connectivity index (χ1v) is 7.57. The van der Waals surface area contributed by atoms with Gasteiger partial charge < -0.3 is 5.11 Å². The van der Waals surface area contributed by atoms with Gasteiger partial charge in [-0.25, -0.2) is 0 Å². The Morgan fingerprint density at radius 2 is 1.39 bits per heavy atom. The van der Waals surface area contributed by atoms with Crippen LogP contribution in [0.2, 0.25) is 10.0 Å². The molecule has 0 aliphatic heterocycles. The van der Waals surface area contributed by atoms with E-state index in [9.17, 15) is 5.11 Å². The molecule has 1 nitrogen and oxygen atoms in total. The van der Waals surface area contributed by atoms with E-state index in [4.69, 9.17) is 23.2 Å². The lowest BCUT2D eigenvalue weighted by Crippen LogP contribution is -1.87. The number of aryl methyl sites for hydroxylation is 1. The van der Waals surface area contributed by atoms with E-state index in [0.29, 0.717) is 10.0 Å². The molecule has 0 saturated heterocycles. The highest BCUT2D eigenvalue weighted by molar-refractivity contribution is 6.37. The van der Waals surface area contributed by atoms with Crippen LogP contribution in [0, 0.1) is 0 Å². The Morgan fingerprint density at radius 1 is 0.889 bits per heavy atom. The molecule has 0 heterocycles. The zero-order valence-electron chi connectivity index (χ0n) is 11.0. The molecule has 0 amide bonds. The predicted molar refractivity (Wildman–Crippen MR) is 79.8 cm³/mol. The average molecular weight is 289 g/mol. The number of phenolic OH excluding ortho intramolecular Hbond substituents is 1. The molecule has 0 bridgehead atoms. The zero-order chi connectivity index (χ0) is 13.4. The van der Waals surface area contributed by atoms with E-state index in [-0.39, 0.29) is 5.75 Å². The number of halogens is 2. The molecular weight excluding hydrogens is 267 g/mol. The molecule has 1 rings (SSSR count). The molecule has 0 aromatic heterocycles. The summed E-state index contributed by atoms with van der Waals surface area (Å²) in [7, 11) is 0. The standard InChI is InChI=1S/C15H22Cl2O/c1-2-3-4-5-6-7-8-9-12-10-13(16)15(18)14(17)11-12/h10-11,18H,2-9H2,1H3. The van der Waals surface area contributed by atoms with Crippen molar-refractivity contribution in [1.82, 2.24) is 0 Å². The predicted octanol–water partition coefficient (Wildman–Crippen LogP) is 5.99. The van der Waals surface area contributed by atoms with Crippen molar-refractivity contribution >= 4 is 23.2 Å². The molecule has 0 fully saturated rings.